The first-order valence-electron chi connectivity index (χ1n) is 6.83. The molecule has 0 saturated carbocycles. The molecule has 112 valence electrons. The van der Waals surface area contributed by atoms with Crippen LogP contribution in [0.5, 0.6) is 0 Å². The zero-order valence-electron chi connectivity index (χ0n) is 11.9. The number of hydrogen-bond acceptors (Lipinski definition) is 2. The molecule has 3 nitrogen and oxygen atoms in total. The van der Waals surface area contributed by atoms with Gasteiger partial charge in [0.1, 0.15) is 0 Å². The Morgan fingerprint density at radius 3 is 2.38 bits per heavy atom. The molecule has 0 amide bonds. The third-order valence-corrected chi connectivity index (χ3v) is 5.74. The summed E-state index contributed by atoms with van der Waals surface area (Å²) in [7, 11) is -3.44. The molecule has 0 atom stereocenters. The summed E-state index contributed by atoms with van der Waals surface area (Å²) in [5, 5.41) is 0. The number of hydrogen-bond donors (Lipinski definition) is 0. The van der Waals surface area contributed by atoms with Crippen LogP contribution in [0.4, 0.5) is 0 Å². The molecule has 21 heavy (non-hydrogen) atoms. The van der Waals surface area contributed by atoms with E-state index >= 15 is 0 Å². The van der Waals surface area contributed by atoms with Crippen molar-refractivity contribution in [3.05, 3.63) is 64.6 Å². The number of benzene rings is 2. The van der Waals surface area contributed by atoms with Crippen LogP contribution in [-0.4, -0.2) is 25.8 Å². The summed E-state index contributed by atoms with van der Waals surface area (Å²) in [5.74, 6) is 0. The van der Waals surface area contributed by atoms with Crippen molar-refractivity contribution in [2.75, 3.05) is 13.1 Å². The lowest BCUT2D eigenvalue weighted by Crippen LogP contribution is -2.32. The van der Waals surface area contributed by atoms with Crippen LogP contribution in [0.2, 0.25) is 0 Å². The topological polar surface area (TPSA) is 37.4 Å². The molecule has 5 heteroatoms. The highest BCUT2D eigenvalue weighted by Gasteiger charge is 2.22. The van der Waals surface area contributed by atoms with Crippen molar-refractivity contribution in [1.29, 1.82) is 0 Å². The SMILES string of the molecule is CCN(CCc1ccccc1)S(=O)(=O)c1cccc(Br)c1. The van der Waals surface area contributed by atoms with Crippen LogP contribution < -0.4 is 0 Å². The molecule has 2 aromatic carbocycles. The summed E-state index contributed by atoms with van der Waals surface area (Å²) in [6, 6.07) is 16.7. The second kappa shape index (κ2) is 7.20. The van der Waals surface area contributed by atoms with Crippen molar-refractivity contribution in [1.82, 2.24) is 4.31 Å². The van der Waals surface area contributed by atoms with Gasteiger partial charge in [0.2, 0.25) is 10.0 Å². The average Bonchev–Trinajstić information content (AvgIpc) is 2.49. The molecule has 0 fully saturated rings. The molecule has 0 N–H and O–H groups in total. The van der Waals surface area contributed by atoms with Gasteiger partial charge in [-0.2, -0.15) is 4.31 Å². The molecule has 0 aliphatic heterocycles. The van der Waals surface area contributed by atoms with E-state index in [0.717, 1.165) is 10.0 Å². The van der Waals surface area contributed by atoms with E-state index in [2.05, 4.69) is 15.9 Å². The Labute approximate surface area is 134 Å². The minimum absolute atomic E-state index is 0.326. The Balaban J connectivity index is 2.16. The first kappa shape index (κ1) is 16.2. The van der Waals surface area contributed by atoms with Crippen LogP contribution in [0.1, 0.15) is 12.5 Å². The van der Waals surface area contributed by atoms with E-state index in [0.29, 0.717) is 24.4 Å². The van der Waals surface area contributed by atoms with E-state index in [9.17, 15) is 8.42 Å². The molecule has 0 unspecified atom stereocenters. The van der Waals surface area contributed by atoms with Crippen LogP contribution in [0.15, 0.2) is 64.0 Å². The van der Waals surface area contributed by atoms with Crippen molar-refractivity contribution in [2.24, 2.45) is 0 Å². The fraction of sp³-hybridized carbons (Fsp3) is 0.250. The lowest BCUT2D eigenvalue weighted by Gasteiger charge is -2.20. The molecule has 0 aromatic heterocycles. The highest BCUT2D eigenvalue weighted by atomic mass is 79.9. The normalized spacial score (nSPS) is 11.8. The molecule has 2 rings (SSSR count). The maximum atomic E-state index is 12.6. The fourth-order valence-electron chi connectivity index (χ4n) is 2.12. The van der Waals surface area contributed by atoms with E-state index < -0.39 is 10.0 Å². The van der Waals surface area contributed by atoms with E-state index in [-0.39, 0.29) is 0 Å². The van der Waals surface area contributed by atoms with E-state index in [1.165, 1.54) is 4.31 Å². The lowest BCUT2D eigenvalue weighted by molar-refractivity contribution is 0.431. The maximum Gasteiger partial charge on any atom is 0.243 e. The monoisotopic (exact) mass is 367 g/mol. The van der Waals surface area contributed by atoms with Crippen LogP contribution in [0, 0.1) is 0 Å². The van der Waals surface area contributed by atoms with Gasteiger partial charge >= 0.3 is 0 Å². The minimum atomic E-state index is -3.44. The smallest absolute Gasteiger partial charge is 0.207 e. The second-order valence-electron chi connectivity index (χ2n) is 4.69. The maximum absolute atomic E-state index is 12.6. The van der Waals surface area contributed by atoms with Crippen molar-refractivity contribution < 1.29 is 8.42 Å². The van der Waals surface area contributed by atoms with Crippen LogP contribution in [0.3, 0.4) is 0 Å². The van der Waals surface area contributed by atoms with Crippen molar-refractivity contribution in [3.63, 3.8) is 0 Å². The molecule has 0 saturated heterocycles. The minimum Gasteiger partial charge on any atom is -0.207 e. The van der Waals surface area contributed by atoms with Gasteiger partial charge in [0.15, 0.2) is 0 Å². The third-order valence-electron chi connectivity index (χ3n) is 3.28. The van der Waals surface area contributed by atoms with Crippen LogP contribution >= 0.6 is 15.9 Å². The molecule has 0 aliphatic rings. The number of rotatable bonds is 6. The van der Waals surface area contributed by atoms with Crippen molar-refractivity contribution >= 4 is 26.0 Å². The zero-order chi connectivity index (χ0) is 15.3. The fourth-order valence-corrected chi connectivity index (χ4v) is 4.17. The summed E-state index contributed by atoms with van der Waals surface area (Å²) < 4.78 is 27.6. The molecule has 0 radical (unpaired) electrons. The van der Waals surface area contributed by atoms with E-state index in [1.807, 2.05) is 43.3 Å². The summed E-state index contributed by atoms with van der Waals surface area (Å²) in [5.41, 5.74) is 1.14. The quantitative estimate of drug-likeness (QED) is 0.780. The first-order valence-corrected chi connectivity index (χ1v) is 9.07. The third kappa shape index (κ3) is 4.15. The highest BCUT2D eigenvalue weighted by Crippen LogP contribution is 2.20. The van der Waals surface area contributed by atoms with Gasteiger partial charge in [-0.15, -0.1) is 0 Å². The standard InChI is InChI=1S/C16H18BrNO2S/c1-2-18(12-11-14-7-4-3-5-8-14)21(19,20)16-10-6-9-15(17)13-16/h3-10,13H,2,11-12H2,1H3. The van der Waals surface area contributed by atoms with Gasteiger partial charge in [0.25, 0.3) is 0 Å². The largest absolute Gasteiger partial charge is 0.243 e. The van der Waals surface area contributed by atoms with Gasteiger partial charge in [-0.05, 0) is 30.2 Å². The van der Waals surface area contributed by atoms with Gasteiger partial charge in [0, 0.05) is 17.6 Å². The number of sulfonamides is 1. The summed E-state index contributed by atoms with van der Waals surface area (Å²) >= 11 is 3.32. The van der Waals surface area contributed by atoms with Gasteiger partial charge in [-0.25, -0.2) is 8.42 Å². The average molecular weight is 368 g/mol. The van der Waals surface area contributed by atoms with Crippen molar-refractivity contribution in [3.8, 4) is 0 Å². The summed E-state index contributed by atoms with van der Waals surface area (Å²) in [6.07, 6.45) is 0.710. The molecule has 0 bridgehead atoms. The predicted octanol–water partition coefficient (Wildman–Crippen LogP) is 3.70. The number of likely N-dealkylation sites (N-methyl/N-ethyl adjacent to an activating group) is 1. The van der Waals surface area contributed by atoms with Gasteiger partial charge in [-0.3, -0.25) is 0 Å². The van der Waals surface area contributed by atoms with E-state index in [1.54, 1.807) is 18.2 Å². The van der Waals surface area contributed by atoms with Crippen molar-refractivity contribution in [2.45, 2.75) is 18.2 Å². The number of halogens is 1. The van der Waals surface area contributed by atoms with Crippen LogP contribution in [-0.2, 0) is 16.4 Å². The van der Waals surface area contributed by atoms with Gasteiger partial charge in [-0.1, -0.05) is 59.3 Å². The highest BCUT2D eigenvalue weighted by molar-refractivity contribution is 9.10. The zero-order valence-corrected chi connectivity index (χ0v) is 14.3. The summed E-state index contributed by atoms with van der Waals surface area (Å²) in [4.78, 5) is 0.326. The Bertz CT molecular complexity index is 686. The Hall–Kier alpha value is -1.17. The predicted molar refractivity (Wildman–Crippen MR) is 88.7 cm³/mol. The molecular formula is C16H18BrNO2S. The Morgan fingerprint density at radius 2 is 1.76 bits per heavy atom. The molecule has 0 aliphatic carbocycles. The molecular weight excluding hydrogens is 350 g/mol. The molecule has 0 heterocycles. The number of nitrogens with zero attached hydrogens (tertiary/aromatic N) is 1. The Kier molecular flexibility index (Phi) is 5.56. The molecule has 2 aromatic rings. The summed E-state index contributed by atoms with van der Waals surface area (Å²) in [6.45, 7) is 2.80. The lowest BCUT2D eigenvalue weighted by atomic mass is 10.1. The van der Waals surface area contributed by atoms with Crippen LogP contribution in [0.25, 0.3) is 0 Å². The van der Waals surface area contributed by atoms with Gasteiger partial charge in [0.05, 0.1) is 4.90 Å². The van der Waals surface area contributed by atoms with Gasteiger partial charge < -0.3 is 0 Å². The molecule has 0 spiro atoms. The van der Waals surface area contributed by atoms with E-state index in [4.69, 9.17) is 0 Å². The Morgan fingerprint density at radius 1 is 1.05 bits per heavy atom. The first-order chi connectivity index (χ1) is 10.0. The second-order valence-corrected chi connectivity index (χ2v) is 7.54.